The van der Waals surface area contributed by atoms with Crippen molar-refractivity contribution < 1.29 is 0 Å². The summed E-state index contributed by atoms with van der Waals surface area (Å²) in [6.07, 6.45) is 3.58. The van der Waals surface area contributed by atoms with Crippen LogP contribution in [0.15, 0.2) is 0 Å². The van der Waals surface area contributed by atoms with E-state index in [-0.39, 0.29) is 0 Å². The molecule has 0 aliphatic heterocycles. The van der Waals surface area contributed by atoms with Gasteiger partial charge in [0.05, 0.1) is 0 Å². The molecule has 0 fully saturated rings. The van der Waals surface area contributed by atoms with Crippen molar-refractivity contribution in [1.82, 2.24) is 0 Å². The maximum absolute atomic E-state index is 3.27. The van der Waals surface area contributed by atoms with E-state index in [0.717, 1.165) is 6.42 Å². The van der Waals surface area contributed by atoms with Crippen LogP contribution in [0, 0.1) is 23.7 Å². The summed E-state index contributed by atoms with van der Waals surface area (Å²) in [6, 6.07) is 0. The van der Waals surface area contributed by atoms with E-state index >= 15 is 0 Å². The van der Waals surface area contributed by atoms with Gasteiger partial charge in [0.15, 0.2) is 0 Å². The minimum Gasteiger partial charge on any atom is -0.103 e. The van der Waals surface area contributed by atoms with Gasteiger partial charge in [0.1, 0.15) is 0 Å². The largest absolute Gasteiger partial charge is 0.103 e. The summed E-state index contributed by atoms with van der Waals surface area (Å²) in [5.41, 5.74) is 0. The van der Waals surface area contributed by atoms with E-state index in [0.29, 0.717) is 11.8 Å². The topological polar surface area (TPSA) is 0 Å². The van der Waals surface area contributed by atoms with Crippen molar-refractivity contribution in [3.05, 3.63) is 0 Å². The molecule has 0 aromatic heterocycles. The van der Waals surface area contributed by atoms with Gasteiger partial charge in [0.2, 0.25) is 0 Å². The third-order valence-corrected chi connectivity index (χ3v) is 1.99. The first-order chi connectivity index (χ1) is 5.18. The Morgan fingerprint density at radius 2 is 1.82 bits per heavy atom. The standard InChI is InChI=1S/C11H20/c1-5-6-7-8-9-11(4)10(2)3/h10-11H,5-7H2,1-4H3. The van der Waals surface area contributed by atoms with E-state index in [1.54, 1.807) is 0 Å². The number of rotatable bonds is 3. The van der Waals surface area contributed by atoms with Crippen LogP contribution in [0.3, 0.4) is 0 Å². The minimum absolute atomic E-state index is 0.562. The van der Waals surface area contributed by atoms with Crippen molar-refractivity contribution in [3.63, 3.8) is 0 Å². The zero-order chi connectivity index (χ0) is 8.69. The fourth-order valence-corrected chi connectivity index (χ4v) is 0.665. The molecular formula is C11H20. The summed E-state index contributed by atoms with van der Waals surface area (Å²) in [6.45, 7) is 8.84. The summed E-state index contributed by atoms with van der Waals surface area (Å²) in [4.78, 5) is 0. The predicted molar refractivity (Wildman–Crippen MR) is 51.3 cm³/mol. The Balaban J connectivity index is 3.51. The van der Waals surface area contributed by atoms with E-state index in [1.165, 1.54) is 12.8 Å². The number of unbranched alkanes of at least 4 members (excludes halogenated alkanes) is 2. The predicted octanol–water partition coefficient (Wildman–Crippen LogP) is 3.47. The fraction of sp³-hybridized carbons (Fsp3) is 0.818. The molecule has 0 saturated carbocycles. The first kappa shape index (κ1) is 10.6. The van der Waals surface area contributed by atoms with E-state index < -0.39 is 0 Å². The monoisotopic (exact) mass is 152 g/mol. The molecule has 0 heterocycles. The van der Waals surface area contributed by atoms with E-state index in [2.05, 4.69) is 39.5 Å². The average Bonchev–Trinajstić information content (AvgIpc) is 1.97. The van der Waals surface area contributed by atoms with Crippen LogP contribution < -0.4 is 0 Å². The molecule has 0 amide bonds. The van der Waals surface area contributed by atoms with Gasteiger partial charge in [0.25, 0.3) is 0 Å². The molecule has 0 heteroatoms. The van der Waals surface area contributed by atoms with Crippen LogP contribution in [0.1, 0.15) is 47.0 Å². The lowest BCUT2D eigenvalue weighted by molar-refractivity contribution is 0.519. The molecule has 0 spiro atoms. The van der Waals surface area contributed by atoms with Crippen molar-refractivity contribution in [2.75, 3.05) is 0 Å². The lowest BCUT2D eigenvalue weighted by Crippen LogP contribution is -1.99. The van der Waals surface area contributed by atoms with E-state index in [4.69, 9.17) is 0 Å². The van der Waals surface area contributed by atoms with E-state index in [9.17, 15) is 0 Å². The molecule has 64 valence electrons. The maximum Gasteiger partial charge on any atom is 0.0197 e. The molecule has 0 aromatic rings. The molecular weight excluding hydrogens is 132 g/mol. The molecule has 0 rings (SSSR count). The molecule has 0 nitrogen and oxygen atoms in total. The van der Waals surface area contributed by atoms with Crippen LogP contribution in [0.4, 0.5) is 0 Å². The maximum atomic E-state index is 3.27. The van der Waals surface area contributed by atoms with Crippen LogP contribution in [0.25, 0.3) is 0 Å². The number of hydrogen-bond acceptors (Lipinski definition) is 0. The Bertz CT molecular complexity index is 134. The first-order valence-corrected chi connectivity index (χ1v) is 4.66. The molecule has 0 aliphatic carbocycles. The zero-order valence-corrected chi connectivity index (χ0v) is 8.28. The Morgan fingerprint density at radius 3 is 2.27 bits per heavy atom. The highest BCUT2D eigenvalue weighted by Crippen LogP contribution is 2.07. The number of hydrogen-bond donors (Lipinski definition) is 0. The van der Waals surface area contributed by atoms with Crippen LogP contribution >= 0.6 is 0 Å². The van der Waals surface area contributed by atoms with Gasteiger partial charge >= 0.3 is 0 Å². The van der Waals surface area contributed by atoms with Gasteiger partial charge < -0.3 is 0 Å². The summed E-state index contributed by atoms with van der Waals surface area (Å²) >= 11 is 0. The van der Waals surface area contributed by atoms with Gasteiger partial charge in [-0.3, -0.25) is 0 Å². The molecule has 1 atom stereocenters. The Labute approximate surface area is 71.4 Å². The Morgan fingerprint density at radius 1 is 1.18 bits per heavy atom. The highest BCUT2D eigenvalue weighted by atomic mass is 14.0. The van der Waals surface area contributed by atoms with Crippen LogP contribution in [0.2, 0.25) is 0 Å². The van der Waals surface area contributed by atoms with Crippen molar-refractivity contribution in [1.29, 1.82) is 0 Å². The minimum atomic E-state index is 0.562. The second kappa shape index (κ2) is 6.28. The summed E-state index contributed by atoms with van der Waals surface area (Å²) in [5.74, 6) is 7.74. The van der Waals surface area contributed by atoms with Gasteiger partial charge in [-0.15, -0.1) is 5.92 Å². The molecule has 0 radical (unpaired) electrons. The molecule has 11 heavy (non-hydrogen) atoms. The van der Waals surface area contributed by atoms with Gasteiger partial charge in [0, 0.05) is 12.3 Å². The molecule has 0 aliphatic rings. The summed E-state index contributed by atoms with van der Waals surface area (Å²) < 4.78 is 0. The van der Waals surface area contributed by atoms with Crippen molar-refractivity contribution in [2.24, 2.45) is 11.8 Å². The van der Waals surface area contributed by atoms with Crippen molar-refractivity contribution in [2.45, 2.75) is 47.0 Å². The molecule has 1 unspecified atom stereocenters. The fourth-order valence-electron chi connectivity index (χ4n) is 0.665. The molecule has 0 N–H and O–H groups in total. The zero-order valence-electron chi connectivity index (χ0n) is 8.28. The second-order valence-corrected chi connectivity index (χ2v) is 3.46. The molecule has 0 bridgehead atoms. The quantitative estimate of drug-likeness (QED) is 0.429. The van der Waals surface area contributed by atoms with Crippen molar-refractivity contribution >= 4 is 0 Å². The highest BCUT2D eigenvalue weighted by Gasteiger charge is 2.00. The normalized spacial score (nSPS) is 12.5. The van der Waals surface area contributed by atoms with Crippen LogP contribution in [0.5, 0.6) is 0 Å². The second-order valence-electron chi connectivity index (χ2n) is 3.46. The highest BCUT2D eigenvalue weighted by molar-refractivity contribution is 5.02. The first-order valence-electron chi connectivity index (χ1n) is 4.66. The van der Waals surface area contributed by atoms with Gasteiger partial charge in [-0.25, -0.2) is 0 Å². The molecule has 0 saturated heterocycles. The molecule has 0 aromatic carbocycles. The third-order valence-electron chi connectivity index (χ3n) is 1.99. The Hall–Kier alpha value is -0.440. The smallest absolute Gasteiger partial charge is 0.0197 e. The van der Waals surface area contributed by atoms with Gasteiger partial charge in [-0.05, 0) is 12.3 Å². The lowest BCUT2D eigenvalue weighted by Gasteiger charge is -2.05. The summed E-state index contributed by atoms with van der Waals surface area (Å²) in [5, 5.41) is 0. The van der Waals surface area contributed by atoms with Crippen LogP contribution in [-0.4, -0.2) is 0 Å². The Kier molecular flexibility index (Phi) is 6.03. The van der Waals surface area contributed by atoms with E-state index in [1.807, 2.05) is 0 Å². The third kappa shape index (κ3) is 5.98. The van der Waals surface area contributed by atoms with Gasteiger partial charge in [-0.2, -0.15) is 0 Å². The van der Waals surface area contributed by atoms with Gasteiger partial charge in [-0.1, -0.05) is 40.0 Å². The van der Waals surface area contributed by atoms with Crippen molar-refractivity contribution in [3.8, 4) is 11.8 Å². The SMILES string of the molecule is CCCCC#CC(C)C(C)C. The lowest BCUT2D eigenvalue weighted by atomic mass is 9.99. The summed E-state index contributed by atoms with van der Waals surface area (Å²) in [7, 11) is 0. The van der Waals surface area contributed by atoms with Crippen LogP contribution in [-0.2, 0) is 0 Å². The average molecular weight is 152 g/mol.